The van der Waals surface area contributed by atoms with Crippen LogP contribution in [0.15, 0.2) is 14.8 Å². The summed E-state index contributed by atoms with van der Waals surface area (Å²) in [5.41, 5.74) is 11.2. The van der Waals surface area contributed by atoms with Crippen LogP contribution in [0.5, 0.6) is 0 Å². The zero-order chi connectivity index (χ0) is 23.9. The fourth-order valence-electron chi connectivity index (χ4n) is 1.82. The van der Waals surface area contributed by atoms with Crippen LogP contribution in [-0.2, 0) is 15.8 Å². The molecule has 0 saturated heterocycles. The van der Waals surface area contributed by atoms with Crippen molar-refractivity contribution in [3.63, 3.8) is 0 Å². The van der Waals surface area contributed by atoms with Gasteiger partial charge in [0.05, 0.1) is 11.9 Å². The Kier molecular flexibility index (Phi) is 9.68. The Hall–Kier alpha value is -1.95. The van der Waals surface area contributed by atoms with E-state index in [1.807, 2.05) is 0 Å². The number of aliphatic imine (C=N–C) groups is 1. The third-order valence-electron chi connectivity index (χ3n) is 2.92. The summed E-state index contributed by atoms with van der Waals surface area (Å²) < 4.78 is 99.7. The van der Waals surface area contributed by atoms with Crippen LogP contribution in [0.4, 0.5) is 31.5 Å². The molecule has 5 N–H and O–H groups in total. The van der Waals surface area contributed by atoms with Gasteiger partial charge in [0.25, 0.3) is 10.0 Å². The van der Waals surface area contributed by atoms with Crippen LogP contribution in [0, 0.1) is 0 Å². The standard InChI is InChI=1S/C13H19F6N7O2S3/c1-31(27,28)25-10(21)26(7-13(17,18)19)2-3-29-4-8-5-30-11(23-8)24-9(20)22-6-12(14,15)16/h5H,2-4,6-7H2,1H3,(H2,21,25)(H3,20,22,23,24). The number of thioether (sulfide) groups is 1. The van der Waals surface area contributed by atoms with Crippen LogP contribution in [-0.4, -0.2) is 74.2 Å². The molecule has 0 radical (unpaired) electrons. The van der Waals surface area contributed by atoms with E-state index in [4.69, 9.17) is 11.5 Å². The third-order valence-corrected chi connectivity index (χ3v) is 5.22. The Morgan fingerprint density at radius 2 is 1.90 bits per heavy atom. The number of hydrogen-bond acceptors (Lipinski definition) is 6. The minimum Gasteiger partial charge on any atom is -0.370 e. The maximum Gasteiger partial charge on any atom is 0.408 e. The van der Waals surface area contributed by atoms with Crippen molar-refractivity contribution in [1.29, 1.82) is 0 Å². The number of guanidine groups is 2. The van der Waals surface area contributed by atoms with Gasteiger partial charge >= 0.3 is 12.4 Å². The number of anilines is 1. The van der Waals surface area contributed by atoms with E-state index >= 15 is 0 Å². The SMILES string of the molecule is CS(=O)(=O)N=C(N)N(CCSCc1csc(NC(N)=NCC(F)(F)F)n1)CC(F)(F)F. The van der Waals surface area contributed by atoms with Crippen molar-refractivity contribution in [3.8, 4) is 0 Å². The molecule has 0 fully saturated rings. The minimum absolute atomic E-state index is 0.130. The first-order valence-electron chi connectivity index (χ1n) is 8.07. The zero-order valence-corrected chi connectivity index (χ0v) is 18.3. The number of sulfonamides is 1. The first-order valence-corrected chi connectivity index (χ1v) is 12.0. The Balaban J connectivity index is 2.59. The van der Waals surface area contributed by atoms with Gasteiger partial charge in [-0.05, 0) is 0 Å². The van der Waals surface area contributed by atoms with Crippen molar-refractivity contribution in [2.45, 2.75) is 18.1 Å². The molecule has 0 amide bonds. The van der Waals surface area contributed by atoms with Crippen LogP contribution < -0.4 is 16.8 Å². The number of rotatable bonds is 9. The van der Waals surface area contributed by atoms with E-state index in [0.29, 0.717) is 16.8 Å². The second-order valence-electron chi connectivity index (χ2n) is 5.86. The predicted octanol–water partition coefficient (Wildman–Crippen LogP) is 1.80. The van der Waals surface area contributed by atoms with Crippen molar-refractivity contribution >= 4 is 50.2 Å². The molecule has 1 aromatic heterocycles. The Labute approximate surface area is 182 Å². The van der Waals surface area contributed by atoms with E-state index in [-0.39, 0.29) is 23.2 Å². The molecule has 0 atom stereocenters. The molecular formula is C13H19F6N7O2S3. The van der Waals surface area contributed by atoms with E-state index < -0.39 is 47.4 Å². The van der Waals surface area contributed by atoms with Crippen molar-refractivity contribution in [1.82, 2.24) is 9.88 Å². The average molecular weight is 516 g/mol. The van der Waals surface area contributed by atoms with Crippen LogP contribution in [0.25, 0.3) is 0 Å². The number of hydrogen-bond donors (Lipinski definition) is 3. The van der Waals surface area contributed by atoms with Gasteiger partial charge in [-0.3, -0.25) is 0 Å². The molecule has 1 heterocycles. The first-order chi connectivity index (χ1) is 14.0. The van der Waals surface area contributed by atoms with E-state index in [1.165, 1.54) is 11.8 Å². The predicted molar refractivity (Wildman–Crippen MR) is 109 cm³/mol. The molecule has 9 nitrogen and oxygen atoms in total. The second-order valence-corrected chi connectivity index (χ2v) is 9.47. The third kappa shape index (κ3) is 13.1. The minimum atomic E-state index is -4.62. The topological polar surface area (TPSA) is 139 Å². The lowest BCUT2D eigenvalue weighted by atomic mass is 10.5. The number of halogens is 6. The molecule has 0 aliphatic heterocycles. The highest BCUT2D eigenvalue weighted by atomic mass is 32.2. The number of nitrogens with two attached hydrogens (primary N) is 2. The van der Waals surface area contributed by atoms with Crippen LogP contribution >= 0.6 is 23.1 Å². The summed E-state index contributed by atoms with van der Waals surface area (Å²) in [6, 6.07) is 0. The number of thiazole rings is 1. The Bertz CT molecular complexity index is 883. The molecule has 0 saturated carbocycles. The Morgan fingerprint density at radius 3 is 2.45 bits per heavy atom. The molecule has 31 heavy (non-hydrogen) atoms. The van der Waals surface area contributed by atoms with Gasteiger partial charge in [-0.2, -0.15) is 38.1 Å². The first kappa shape index (κ1) is 27.1. The molecule has 0 spiro atoms. The molecular weight excluding hydrogens is 496 g/mol. The molecule has 0 bridgehead atoms. The fourth-order valence-corrected chi connectivity index (χ4v) is 3.95. The highest BCUT2D eigenvalue weighted by Crippen LogP contribution is 2.21. The summed E-state index contributed by atoms with van der Waals surface area (Å²) in [5.74, 6) is -0.838. The van der Waals surface area contributed by atoms with E-state index in [1.54, 1.807) is 5.38 Å². The summed E-state index contributed by atoms with van der Waals surface area (Å²) in [5, 5.41) is 4.19. The number of nitrogens with one attached hydrogen (secondary N) is 1. The van der Waals surface area contributed by atoms with Gasteiger partial charge in [0, 0.05) is 23.4 Å². The van der Waals surface area contributed by atoms with Gasteiger partial charge in [0.2, 0.25) is 5.96 Å². The molecule has 18 heteroatoms. The summed E-state index contributed by atoms with van der Waals surface area (Å²) >= 11 is 2.23. The molecule has 0 aliphatic rings. The highest BCUT2D eigenvalue weighted by molar-refractivity contribution is 7.98. The lowest BCUT2D eigenvalue weighted by molar-refractivity contribution is -0.137. The van der Waals surface area contributed by atoms with Crippen molar-refractivity contribution in [2.24, 2.45) is 20.9 Å². The van der Waals surface area contributed by atoms with Gasteiger partial charge in [-0.15, -0.1) is 15.7 Å². The van der Waals surface area contributed by atoms with Crippen molar-refractivity contribution < 1.29 is 34.8 Å². The number of aromatic nitrogens is 1. The normalized spacial score (nSPS) is 14.0. The fraction of sp³-hybridized carbons (Fsp3) is 0.615. The summed E-state index contributed by atoms with van der Waals surface area (Å²) in [6.45, 7) is -3.15. The van der Waals surface area contributed by atoms with Crippen LogP contribution in [0.3, 0.4) is 0 Å². The maximum absolute atomic E-state index is 12.7. The zero-order valence-electron chi connectivity index (χ0n) is 15.9. The molecule has 0 unspecified atom stereocenters. The van der Waals surface area contributed by atoms with Crippen molar-refractivity contribution in [2.75, 3.05) is 37.0 Å². The summed E-state index contributed by atoms with van der Waals surface area (Å²) in [7, 11) is -3.97. The monoisotopic (exact) mass is 515 g/mol. The molecule has 0 aromatic carbocycles. The lowest BCUT2D eigenvalue weighted by Crippen LogP contribution is -2.44. The van der Waals surface area contributed by atoms with Crippen LogP contribution in [0.2, 0.25) is 0 Å². The Morgan fingerprint density at radius 1 is 1.26 bits per heavy atom. The summed E-state index contributed by atoms with van der Waals surface area (Å²) in [6.07, 6.45) is -8.41. The van der Waals surface area contributed by atoms with Crippen LogP contribution in [0.1, 0.15) is 5.69 Å². The highest BCUT2D eigenvalue weighted by Gasteiger charge is 2.32. The molecule has 0 aliphatic carbocycles. The molecule has 1 aromatic rings. The van der Waals surface area contributed by atoms with E-state index in [2.05, 4.69) is 19.7 Å². The quantitative estimate of drug-likeness (QED) is 0.196. The molecule has 178 valence electrons. The number of nitrogens with zero attached hydrogens (tertiary/aromatic N) is 4. The van der Waals surface area contributed by atoms with E-state index in [0.717, 1.165) is 11.3 Å². The smallest absolute Gasteiger partial charge is 0.370 e. The average Bonchev–Trinajstić information content (AvgIpc) is 3.00. The summed E-state index contributed by atoms with van der Waals surface area (Å²) in [4.78, 5) is 7.80. The van der Waals surface area contributed by atoms with Gasteiger partial charge < -0.3 is 21.7 Å². The van der Waals surface area contributed by atoms with E-state index in [9.17, 15) is 34.8 Å². The maximum atomic E-state index is 12.7. The van der Waals surface area contributed by atoms with Crippen molar-refractivity contribution in [3.05, 3.63) is 11.1 Å². The molecule has 1 rings (SSSR count). The van der Waals surface area contributed by atoms with Gasteiger partial charge in [-0.25, -0.2) is 18.4 Å². The van der Waals surface area contributed by atoms with Gasteiger partial charge in [0.15, 0.2) is 11.1 Å². The largest absolute Gasteiger partial charge is 0.408 e. The second kappa shape index (κ2) is 11.1. The van der Waals surface area contributed by atoms with Gasteiger partial charge in [0.1, 0.15) is 13.1 Å². The number of alkyl halides is 6. The lowest BCUT2D eigenvalue weighted by Gasteiger charge is -2.24. The van der Waals surface area contributed by atoms with Gasteiger partial charge in [-0.1, -0.05) is 0 Å².